The molecule has 0 amide bonds. The van der Waals surface area contributed by atoms with Crippen molar-refractivity contribution in [3.05, 3.63) is 89.0 Å². The van der Waals surface area contributed by atoms with Gasteiger partial charge < -0.3 is 4.74 Å². The Morgan fingerprint density at radius 1 is 1.14 bits per heavy atom. The second kappa shape index (κ2) is 10.8. The molecule has 0 N–H and O–H groups in total. The highest BCUT2D eigenvalue weighted by atomic mass is 32.2. The third kappa shape index (κ3) is 4.79. The number of nitrogens with zero attached hydrogens (tertiary/aromatic N) is 7. The third-order valence-electron chi connectivity index (χ3n) is 9.00. The summed E-state index contributed by atoms with van der Waals surface area (Å²) in [6, 6.07) is 8.83. The molecule has 2 aliphatic carbocycles. The molecular formula is C31H32FN7O4S. The first-order chi connectivity index (χ1) is 21.2. The molecule has 0 radical (unpaired) electrons. The van der Waals surface area contributed by atoms with Gasteiger partial charge in [0.05, 0.1) is 35.6 Å². The van der Waals surface area contributed by atoms with Gasteiger partial charge in [0.25, 0.3) is 15.2 Å². The van der Waals surface area contributed by atoms with E-state index in [1.165, 1.54) is 27.4 Å². The predicted molar refractivity (Wildman–Crippen MR) is 158 cm³/mol. The Bertz CT molecular complexity index is 1880. The zero-order chi connectivity index (χ0) is 30.6. The van der Waals surface area contributed by atoms with E-state index in [0.717, 1.165) is 22.4 Å². The van der Waals surface area contributed by atoms with Gasteiger partial charge in [0, 0.05) is 25.9 Å². The minimum atomic E-state index is -4.10. The molecule has 3 aliphatic rings. The number of carbonyl (C=O) groups is 1. The second-order valence-corrected chi connectivity index (χ2v) is 13.6. The van der Waals surface area contributed by atoms with E-state index < -0.39 is 27.5 Å². The first-order valence-corrected chi connectivity index (χ1v) is 16.1. The van der Waals surface area contributed by atoms with Gasteiger partial charge >= 0.3 is 0 Å². The highest BCUT2D eigenvalue weighted by molar-refractivity contribution is 7.89. The topological polar surface area (TPSA) is 125 Å². The van der Waals surface area contributed by atoms with Crippen LogP contribution in [0.15, 0.2) is 65.8 Å². The van der Waals surface area contributed by atoms with Crippen LogP contribution < -0.4 is 0 Å². The minimum absolute atomic E-state index is 0.145. The Labute approximate surface area is 254 Å². The number of benzene rings is 1. The molecule has 1 aliphatic heterocycles. The molecule has 44 heavy (non-hydrogen) atoms. The molecule has 0 spiro atoms. The normalized spacial score (nSPS) is 23.3. The summed E-state index contributed by atoms with van der Waals surface area (Å²) >= 11 is 0. The van der Waals surface area contributed by atoms with Crippen molar-refractivity contribution in [1.29, 1.82) is 0 Å². The Kier molecular flexibility index (Phi) is 7.06. The quantitative estimate of drug-likeness (QED) is 0.288. The van der Waals surface area contributed by atoms with Gasteiger partial charge in [-0.05, 0) is 92.6 Å². The molecule has 1 saturated carbocycles. The average molecular weight is 618 g/mol. The average Bonchev–Trinajstić information content (AvgIpc) is 3.78. The summed E-state index contributed by atoms with van der Waals surface area (Å²) in [6.07, 6.45) is 8.88. The number of ether oxygens (including phenoxy) is 1. The largest absolute Gasteiger partial charge is 0.380 e. The van der Waals surface area contributed by atoms with E-state index in [1.54, 1.807) is 42.3 Å². The SMILES string of the molecule is Cc1ccnc(C(=O)[C@]23Cc4cnn(-c5ccc(F)cc5)c4C=C2CC[C@H](N([C@H]2CCOC2)S(=O)(=O)c2ncn(C)n2)C3)c1. The Morgan fingerprint density at radius 2 is 1.95 bits per heavy atom. The van der Waals surface area contributed by atoms with E-state index in [-0.39, 0.29) is 29.8 Å². The summed E-state index contributed by atoms with van der Waals surface area (Å²) in [5, 5.41) is 8.49. The number of aryl methyl sites for hydroxylation is 2. The molecule has 11 nitrogen and oxygen atoms in total. The molecule has 7 rings (SSSR count). The maximum atomic E-state index is 14.7. The highest BCUT2D eigenvalue weighted by Gasteiger charge is 2.53. The molecular weight excluding hydrogens is 585 g/mol. The van der Waals surface area contributed by atoms with E-state index in [2.05, 4.69) is 20.2 Å². The first kappa shape index (κ1) is 28.7. The number of sulfonamides is 1. The van der Waals surface area contributed by atoms with E-state index in [9.17, 15) is 17.6 Å². The number of hydrogen-bond donors (Lipinski definition) is 0. The molecule has 1 aromatic carbocycles. The molecule has 4 aromatic rings. The third-order valence-corrected chi connectivity index (χ3v) is 10.8. The Morgan fingerprint density at radius 3 is 2.66 bits per heavy atom. The fourth-order valence-corrected chi connectivity index (χ4v) is 8.67. The maximum absolute atomic E-state index is 14.7. The number of pyridine rings is 1. The predicted octanol–water partition coefficient (Wildman–Crippen LogP) is 3.68. The molecule has 1 saturated heterocycles. The van der Waals surface area contributed by atoms with Crippen molar-refractivity contribution in [1.82, 2.24) is 33.8 Å². The molecule has 13 heteroatoms. The second-order valence-electron chi connectivity index (χ2n) is 11.9. The zero-order valence-corrected chi connectivity index (χ0v) is 25.2. The summed E-state index contributed by atoms with van der Waals surface area (Å²) in [4.78, 5) is 23.2. The van der Waals surface area contributed by atoms with Crippen molar-refractivity contribution in [3.8, 4) is 5.69 Å². The van der Waals surface area contributed by atoms with Crippen molar-refractivity contribution >= 4 is 21.9 Å². The van der Waals surface area contributed by atoms with Crippen molar-refractivity contribution < 1.29 is 22.3 Å². The van der Waals surface area contributed by atoms with E-state index >= 15 is 0 Å². The number of carbonyl (C=O) groups excluding carboxylic acids is 1. The fraction of sp³-hybridized carbons (Fsp3) is 0.387. The van der Waals surface area contributed by atoms with E-state index in [1.807, 2.05) is 19.1 Å². The number of Topliss-reactive ketones (excluding diaryl/α,β-unsaturated/α-hetero) is 1. The van der Waals surface area contributed by atoms with Gasteiger partial charge in [-0.25, -0.2) is 22.5 Å². The van der Waals surface area contributed by atoms with Crippen LogP contribution in [-0.4, -0.2) is 73.3 Å². The van der Waals surface area contributed by atoms with Crippen LogP contribution in [0.25, 0.3) is 11.8 Å². The van der Waals surface area contributed by atoms with Gasteiger partial charge in [-0.1, -0.05) is 5.57 Å². The number of halogens is 1. The summed E-state index contributed by atoms with van der Waals surface area (Å²) in [7, 11) is -2.48. The van der Waals surface area contributed by atoms with Crippen LogP contribution in [-0.2, 0) is 28.2 Å². The molecule has 228 valence electrons. The Hall–Kier alpha value is -4.07. The lowest BCUT2D eigenvalue weighted by atomic mass is 9.60. The van der Waals surface area contributed by atoms with E-state index in [4.69, 9.17) is 4.74 Å². The van der Waals surface area contributed by atoms with Gasteiger partial charge in [0.1, 0.15) is 17.8 Å². The summed E-state index contributed by atoms with van der Waals surface area (Å²) in [6.45, 7) is 2.63. The van der Waals surface area contributed by atoms with Crippen LogP contribution in [0.3, 0.4) is 0 Å². The lowest BCUT2D eigenvalue weighted by molar-refractivity contribution is 0.0705. The maximum Gasteiger partial charge on any atom is 0.282 e. The van der Waals surface area contributed by atoms with Crippen LogP contribution in [0, 0.1) is 18.2 Å². The minimum Gasteiger partial charge on any atom is -0.380 e. The van der Waals surface area contributed by atoms with Crippen LogP contribution >= 0.6 is 0 Å². The number of hydrogen-bond acceptors (Lipinski definition) is 8. The smallest absolute Gasteiger partial charge is 0.282 e. The van der Waals surface area contributed by atoms with Crippen molar-refractivity contribution in [3.63, 3.8) is 0 Å². The molecule has 3 atom stereocenters. The van der Waals surface area contributed by atoms with Crippen LogP contribution in [0.4, 0.5) is 4.39 Å². The van der Waals surface area contributed by atoms with Crippen molar-refractivity contribution in [2.45, 2.75) is 56.3 Å². The van der Waals surface area contributed by atoms with Crippen molar-refractivity contribution in [2.75, 3.05) is 13.2 Å². The number of aromatic nitrogens is 6. The van der Waals surface area contributed by atoms with Crippen LogP contribution in [0.2, 0.25) is 0 Å². The van der Waals surface area contributed by atoms with Gasteiger partial charge in [0.2, 0.25) is 0 Å². The monoisotopic (exact) mass is 617 g/mol. The standard InChI is InChI=1S/C31H32FN7O4S/c1-20-9-11-33-27(13-20)29(40)31-15-21-17-35-38(24-7-4-23(32)5-8-24)28(21)14-22(31)3-6-25(16-31)39(26-10-12-43-18-26)44(41,42)30-34-19-37(2)36-30/h4-5,7-9,11,13-14,17,19,25-26H,3,6,10,12,15-16,18H2,1-2H3/t25-,26-,31-/m0/s1. The van der Waals surface area contributed by atoms with Gasteiger partial charge in [-0.15, -0.1) is 5.10 Å². The molecule has 2 fully saturated rings. The van der Waals surface area contributed by atoms with Gasteiger partial charge in [-0.2, -0.15) is 9.40 Å². The molecule has 0 unspecified atom stereocenters. The van der Waals surface area contributed by atoms with E-state index in [0.29, 0.717) is 43.7 Å². The zero-order valence-electron chi connectivity index (χ0n) is 24.4. The summed E-state index contributed by atoms with van der Waals surface area (Å²) in [5.74, 6) is -0.483. The summed E-state index contributed by atoms with van der Waals surface area (Å²) < 4.78 is 52.3. The Balaban J connectivity index is 1.33. The van der Waals surface area contributed by atoms with Crippen molar-refractivity contribution in [2.24, 2.45) is 12.5 Å². The van der Waals surface area contributed by atoms with Gasteiger partial charge in [0.15, 0.2) is 5.78 Å². The lowest BCUT2D eigenvalue weighted by Crippen LogP contribution is -2.54. The number of allylic oxidation sites excluding steroid dienone is 1. The van der Waals surface area contributed by atoms with Crippen LogP contribution in [0.5, 0.6) is 0 Å². The lowest BCUT2D eigenvalue weighted by Gasteiger charge is -2.47. The highest BCUT2D eigenvalue weighted by Crippen LogP contribution is 2.51. The molecule has 0 bridgehead atoms. The fourth-order valence-electron chi connectivity index (χ4n) is 6.94. The number of ketones is 1. The number of rotatable bonds is 7. The molecule has 4 heterocycles. The van der Waals surface area contributed by atoms with Gasteiger partial charge in [-0.3, -0.25) is 14.5 Å². The molecule has 3 aromatic heterocycles. The summed E-state index contributed by atoms with van der Waals surface area (Å²) in [5.41, 5.74) is 3.51. The first-order valence-electron chi connectivity index (χ1n) is 14.6. The van der Waals surface area contributed by atoms with Crippen LogP contribution in [0.1, 0.15) is 53.0 Å². The number of fused-ring (bicyclic) bond motifs is 2.